The second-order valence-electron chi connectivity index (χ2n) is 1.94. The van der Waals surface area contributed by atoms with Gasteiger partial charge in [0.2, 0.25) is 0 Å². The fraction of sp³-hybridized carbons (Fsp3) is 0.286. The van der Waals surface area contributed by atoms with E-state index in [1.54, 1.807) is 11.3 Å². The molecule has 0 aliphatic rings. The average molecular weight is 171 g/mol. The molecule has 0 atom stereocenters. The zero-order valence-corrected chi connectivity index (χ0v) is 6.98. The minimum Gasteiger partial charge on any atom is -0.468 e. The van der Waals surface area contributed by atoms with Crippen molar-refractivity contribution >= 4 is 23.0 Å². The lowest BCUT2D eigenvalue weighted by atomic mass is 10.5. The fourth-order valence-corrected chi connectivity index (χ4v) is 1.22. The van der Waals surface area contributed by atoms with Crippen LogP contribution >= 0.6 is 11.3 Å². The highest BCUT2D eigenvalue weighted by Gasteiger charge is 1.98. The molecule has 0 aliphatic carbocycles. The Hall–Kier alpha value is -1.03. The van der Waals surface area contributed by atoms with E-state index in [2.05, 4.69) is 10.1 Å². The SMILES string of the molecule is COC(=O)CNc1ccsc1. The van der Waals surface area contributed by atoms with Crippen LogP contribution in [0.2, 0.25) is 0 Å². The van der Waals surface area contributed by atoms with Gasteiger partial charge in [-0.2, -0.15) is 11.3 Å². The third kappa shape index (κ3) is 2.59. The van der Waals surface area contributed by atoms with Crippen LogP contribution in [0.15, 0.2) is 16.8 Å². The Morgan fingerprint density at radius 3 is 3.18 bits per heavy atom. The number of methoxy groups -OCH3 is 1. The van der Waals surface area contributed by atoms with Crippen LogP contribution < -0.4 is 5.32 Å². The predicted molar refractivity (Wildman–Crippen MR) is 44.8 cm³/mol. The molecule has 0 aromatic carbocycles. The van der Waals surface area contributed by atoms with Crippen LogP contribution in [-0.4, -0.2) is 19.6 Å². The summed E-state index contributed by atoms with van der Waals surface area (Å²) < 4.78 is 4.45. The molecule has 0 amide bonds. The van der Waals surface area contributed by atoms with E-state index in [1.807, 2.05) is 16.8 Å². The molecule has 4 heteroatoms. The topological polar surface area (TPSA) is 38.3 Å². The van der Waals surface area contributed by atoms with Crippen molar-refractivity contribution in [3.63, 3.8) is 0 Å². The minimum absolute atomic E-state index is 0.229. The van der Waals surface area contributed by atoms with Crippen LogP contribution in [0.25, 0.3) is 0 Å². The van der Waals surface area contributed by atoms with Gasteiger partial charge in [0.15, 0.2) is 0 Å². The van der Waals surface area contributed by atoms with Crippen molar-refractivity contribution in [3.8, 4) is 0 Å². The Balaban J connectivity index is 2.29. The third-order valence-corrected chi connectivity index (χ3v) is 1.87. The summed E-state index contributed by atoms with van der Waals surface area (Å²) in [6.45, 7) is 0.229. The molecule has 1 N–H and O–H groups in total. The Kier molecular flexibility index (Phi) is 2.92. The van der Waals surface area contributed by atoms with E-state index in [0.717, 1.165) is 5.69 Å². The van der Waals surface area contributed by atoms with Crippen LogP contribution in [0.3, 0.4) is 0 Å². The minimum atomic E-state index is -0.254. The molecule has 0 aliphatic heterocycles. The average Bonchev–Trinajstić information content (AvgIpc) is 2.52. The standard InChI is InChI=1S/C7H9NO2S/c1-10-7(9)4-8-6-2-3-11-5-6/h2-3,5,8H,4H2,1H3. The van der Waals surface area contributed by atoms with E-state index < -0.39 is 0 Å². The molecule has 11 heavy (non-hydrogen) atoms. The van der Waals surface area contributed by atoms with Crippen molar-refractivity contribution in [2.24, 2.45) is 0 Å². The molecule has 0 unspecified atom stereocenters. The summed E-state index contributed by atoms with van der Waals surface area (Å²) in [6.07, 6.45) is 0. The maximum Gasteiger partial charge on any atom is 0.325 e. The summed E-state index contributed by atoms with van der Waals surface area (Å²) in [5.41, 5.74) is 0.959. The van der Waals surface area contributed by atoms with Crippen LogP contribution in [-0.2, 0) is 9.53 Å². The zero-order chi connectivity index (χ0) is 8.10. The van der Waals surface area contributed by atoms with Crippen LogP contribution in [0, 0.1) is 0 Å². The molecule has 0 saturated carbocycles. The number of hydrogen-bond acceptors (Lipinski definition) is 4. The van der Waals surface area contributed by atoms with E-state index in [4.69, 9.17) is 0 Å². The molecule has 0 radical (unpaired) electrons. The first-order valence-corrected chi connectivity index (χ1v) is 4.10. The van der Waals surface area contributed by atoms with Gasteiger partial charge in [0, 0.05) is 11.1 Å². The zero-order valence-electron chi connectivity index (χ0n) is 6.16. The number of hydrogen-bond donors (Lipinski definition) is 1. The lowest BCUT2D eigenvalue weighted by Crippen LogP contribution is -2.14. The number of anilines is 1. The lowest BCUT2D eigenvalue weighted by Gasteiger charge is -2.00. The molecule has 0 fully saturated rings. The van der Waals surface area contributed by atoms with Gasteiger partial charge < -0.3 is 10.1 Å². The summed E-state index contributed by atoms with van der Waals surface area (Å²) in [5, 5.41) is 6.79. The summed E-state index contributed by atoms with van der Waals surface area (Å²) in [5.74, 6) is -0.254. The van der Waals surface area contributed by atoms with Gasteiger partial charge in [0.1, 0.15) is 6.54 Å². The molecule has 1 heterocycles. The van der Waals surface area contributed by atoms with Crippen molar-refractivity contribution in [2.45, 2.75) is 0 Å². The second kappa shape index (κ2) is 3.98. The molecule has 0 bridgehead atoms. The highest BCUT2D eigenvalue weighted by atomic mass is 32.1. The summed E-state index contributed by atoms with van der Waals surface area (Å²) in [4.78, 5) is 10.6. The first-order chi connectivity index (χ1) is 5.33. The van der Waals surface area contributed by atoms with Crippen LogP contribution in [0.4, 0.5) is 5.69 Å². The second-order valence-corrected chi connectivity index (χ2v) is 2.72. The summed E-state index contributed by atoms with van der Waals surface area (Å²) >= 11 is 1.58. The Labute approximate surface area is 69.0 Å². The van der Waals surface area contributed by atoms with E-state index in [1.165, 1.54) is 7.11 Å². The quantitative estimate of drug-likeness (QED) is 0.697. The largest absolute Gasteiger partial charge is 0.468 e. The van der Waals surface area contributed by atoms with E-state index in [0.29, 0.717) is 0 Å². The Bertz CT molecular complexity index is 220. The van der Waals surface area contributed by atoms with Crippen molar-refractivity contribution in [1.29, 1.82) is 0 Å². The van der Waals surface area contributed by atoms with E-state index in [9.17, 15) is 4.79 Å². The first-order valence-electron chi connectivity index (χ1n) is 3.16. The van der Waals surface area contributed by atoms with Gasteiger partial charge in [-0.25, -0.2) is 0 Å². The van der Waals surface area contributed by atoms with Crippen LogP contribution in [0.1, 0.15) is 0 Å². The maximum atomic E-state index is 10.6. The Morgan fingerprint density at radius 1 is 1.82 bits per heavy atom. The first kappa shape index (κ1) is 8.07. The van der Waals surface area contributed by atoms with Gasteiger partial charge in [-0.05, 0) is 11.4 Å². The molecule has 60 valence electrons. The van der Waals surface area contributed by atoms with Crippen molar-refractivity contribution in [3.05, 3.63) is 16.8 Å². The van der Waals surface area contributed by atoms with E-state index in [-0.39, 0.29) is 12.5 Å². The smallest absolute Gasteiger partial charge is 0.325 e. The van der Waals surface area contributed by atoms with Crippen molar-refractivity contribution in [2.75, 3.05) is 19.0 Å². The predicted octanol–water partition coefficient (Wildman–Crippen LogP) is 1.33. The molecular weight excluding hydrogens is 162 g/mol. The van der Waals surface area contributed by atoms with Gasteiger partial charge in [0.05, 0.1) is 7.11 Å². The van der Waals surface area contributed by atoms with Gasteiger partial charge in [0.25, 0.3) is 0 Å². The van der Waals surface area contributed by atoms with Gasteiger partial charge >= 0.3 is 5.97 Å². The highest BCUT2D eigenvalue weighted by molar-refractivity contribution is 7.08. The van der Waals surface area contributed by atoms with Gasteiger partial charge in [-0.1, -0.05) is 0 Å². The number of thiophene rings is 1. The molecule has 0 saturated heterocycles. The monoisotopic (exact) mass is 171 g/mol. The number of carbonyl (C=O) groups excluding carboxylic acids is 1. The molecule has 3 nitrogen and oxygen atoms in total. The lowest BCUT2D eigenvalue weighted by molar-refractivity contribution is -0.138. The third-order valence-electron chi connectivity index (χ3n) is 1.19. The normalized spacial score (nSPS) is 9.18. The number of carbonyl (C=O) groups is 1. The molecule has 1 aromatic heterocycles. The number of nitrogens with one attached hydrogen (secondary N) is 1. The van der Waals surface area contributed by atoms with Gasteiger partial charge in [-0.3, -0.25) is 4.79 Å². The maximum absolute atomic E-state index is 10.6. The fourth-order valence-electron chi connectivity index (χ4n) is 0.611. The summed E-state index contributed by atoms with van der Waals surface area (Å²) in [6, 6.07) is 1.91. The Morgan fingerprint density at radius 2 is 2.64 bits per heavy atom. The van der Waals surface area contributed by atoms with Gasteiger partial charge in [-0.15, -0.1) is 0 Å². The van der Waals surface area contributed by atoms with Crippen molar-refractivity contribution < 1.29 is 9.53 Å². The van der Waals surface area contributed by atoms with Crippen LogP contribution in [0.5, 0.6) is 0 Å². The summed E-state index contributed by atoms with van der Waals surface area (Å²) in [7, 11) is 1.37. The van der Waals surface area contributed by atoms with E-state index >= 15 is 0 Å². The molecule has 1 rings (SSSR count). The molecular formula is C7H9NO2S. The molecule has 0 spiro atoms. The highest BCUT2D eigenvalue weighted by Crippen LogP contribution is 2.10. The number of esters is 1. The van der Waals surface area contributed by atoms with Crippen molar-refractivity contribution in [1.82, 2.24) is 0 Å². The molecule has 1 aromatic rings. The number of rotatable bonds is 3. The number of ether oxygens (including phenoxy) is 1.